The molecule has 1 N–H and O–H groups in total. The molecule has 0 aliphatic rings. The summed E-state index contributed by atoms with van der Waals surface area (Å²) >= 11 is 6.08. The molecule has 0 radical (unpaired) electrons. The zero-order valence-corrected chi connectivity index (χ0v) is 12.7. The standard InChI is InChI=1S/C16H15ClFNO3/c1-21-13-6-5-11(15(17)8-13)9-19-16(20)10-22-14-4-2-3-12(18)7-14/h2-8H,9-10H2,1H3,(H,19,20). The molecule has 22 heavy (non-hydrogen) atoms. The first-order valence-electron chi connectivity index (χ1n) is 6.56. The molecule has 116 valence electrons. The normalized spacial score (nSPS) is 10.1. The number of halogens is 2. The SMILES string of the molecule is COc1ccc(CNC(=O)COc2cccc(F)c2)c(Cl)c1. The molecular weight excluding hydrogens is 309 g/mol. The van der Waals surface area contributed by atoms with Gasteiger partial charge in [0.15, 0.2) is 6.61 Å². The minimum Gasteiger partial charge on any atom is -0.497 e. The van der Waals surface area contributed by atoms with Crippen molar-refractivity contribution in [3.63, 3.8) is 0 Å². The van der Waals surface area contributed by atoms with Gasteiger partial charge in [0.1, 0.15) is 17.3 Å². The Balaban J connectivity index is 1.83. The van der Waals surface area contributed by atoms with Crippen LogP contribution in [0.2, 0.25) is 5.02 Å². The summed E-state index contributed by atoms with van der Waals surface area (Å²) in [6.07, 6.45) is 0. The van der Waals surface area contributed by atoms with E-state index in [2.05, 4.69) is 5.32 Å². The number of carbonyl (C=O) groups excluding carboxylic acids is 1. The van der Waals surface area contributed by atoms with Gasteiger partial charge in [-0.05, 0) is 29.8 Å². The first-order chi connectivity index (χ1) is 10.6. The van der Waals surface area contributed by atoms with Crippen LogP contribution < -0.4 is 14.8 Å². The second-order valence-corrected chi connectivity index (χ2v) is 4.89. The maximum absolute atomic E-state index is 13.0. The Morgan fingerprint density at radius 3 is 2.73 bits per heavy atom. The van der Waals surface area contributed by atoms with Crippen molar-refractivity contribution in [2.45, 2.75) is 6.54 Å². The lowest BCUT2D eigenvalue weighted by Crippen LogP contribution is -2.28. The first kappa shape index (κ1) is 16.1. The maximum atomic E-state index is 13.0. The van der Waals surface area contributed by atoms with Gasteiger partial charge in [-0.3, -0.25) is 4.79 Å². The van der Waals surface area contributed by atoms with E-state index in [4.69, 9.17) is 21.1 Å². The Bertz CT molecular complexity index is 664. The minimum atomic E-state index is -0.414. The summed E-state index contributed by atoms with van der Waals surface area (Å²) in [4.78, 5) is 11.7. The van der Waals surface area contributed by atoms with E-state index in [-0.39, 0.29) is 19.1 Å². The third-order valence-corrected chi connectivity index (χ3v) is 3.25. The molecule has 4 nitrogen and oxygen atoms in total. The van der Waals surface area contributed by atoms with Crippen molar-refractivity contribution < 1.29 is 18.7 Å². The van der Waals surface area contributed by atoms with Crippen LogP contribution in [0.1, 0.15) is 5.56 Å². The predicted octanol–water partition coefficient (Wildman–Crippen LogP) is 3.18. The summed E-state index contributed by atoms with van der Waals surface area (Å²) in [7, 11) is 1.55. The minimum absolute atomic E-state index is 0.197. The van der Waals surface area contributed by atoms with E-state index >= 15 is 0 Å². The topological polar surface area (TPSA) is 47.6 Å². The lowest BCUT2D eigenvalue weighted by Gasteiger charge is -2.09. The number of nitrogens with one attached hydrogen (secondary N) is 1. The number of carbonyl (C=O) groups is 1. The van der Waals surface area contributed by atoms with Crippen molar-refractivity contribution in [1.82, 2.24) is 5.32 Å². The number of amides is 1. The molecule has 6 heteroatoms. The van der Waals surface area contributed by atoms with Crippen LogP contribution in [-0.2, 0) is 11.3 Å². The van der Waals surface area contributed by atoms with E-state index in [1.807, 2.05) is 0 Å². The molecule has 0 aromatic heterocycles. The van der Waals surface area contributed by atoms with Gasteiger partial charge in [-0.15, -0.1) is 0 Å². The molecule has 2 rings (SSSR count). The maximum Gasteiger partial charge on any atom is 0.258 e. The molecule has 0 atom stereocenters. The van der Waals surface area contributed by atoms with Crippen LogP contribution in [0.25, 0.3) is 0 Å². The fourth-order valence-electron chi connectivity index (χ4n) is 1.75. The number of ether oxygens (including phenoxy) is 2. The quantitative estimate of drug-likeness (QED) is 0.888. The predicted molar refractivity (Wildman–Crippen MR) is 81.7 cm³/mol. The second-order valence-electron chi connectivity index (χ2n) is 4.48. The lowest BCUT2D eigenvalue weighted by atomic mass is 10.2. The molecule has 0 aliphatic heterocycles. The zero-order valence-electron chi connectivity index (χ0n) is 11.9. The molecular formula is C16H15ClFNO3. The van der Waals surface area contributed by atoms with Gasteiger partial charge in [0, 0.05) is 17.6 Å². The fourth-order valence-corrected chi connectivity index (χ4v) is 1.99. The number of benzene rings is 2. The average Bonchev–Trinajstić information content (AvgIpc) is 2.51. The number of rotatable bonds is 6. The van der Waals surface area contributed by atoms with Crippen LogP contribution in [-0.4, -0.2) is 19.6 Å². The molecule has 0 fully saturated rings. The van der Waals surface area contributed by atoms with Gasteiger partial charge in [0.2, 0.25) is 0 Å². The Labute approximate surface area is 132 Å². The molecule has 0 bridgehead atoms. The van der Waals surface area contributed by atoms with Crippen molar-refractivity contribution in [2.75, 3.05) is 13.7 Å². The van der Waals surface area contributed by atoms with Gasteiger partial charge in [-0.2, -0.15) is 0 Å². The fraction of sp³-hybridized carbons (Fsp3) is 0.188. The van der Waals surface area contributed by atoms with E-state index in [9.17, 15) is 9.18 Å². The van der Waals surface area contributed by atoms with E-state index in [0.29, 0.717) is 16.5 Å². The molecule has 2 aromatic rings. The van der Waals surface area contributed by atoms with E-state index in [1.54, 1.807) is 31.4 Å². The van der Waals surface area contributed by atoms with Crippen molar-refractivity contribution >= 4 is 17.5 Å². The highest BCUT2D eigenvalue weighted by Crippen LogP contribution is 2.22. The van der Waals surface area contributed by atoms with E-state index in [1.165, 1.54) is 18.2 Å². The van der Waals surface area contributed by atoms with Crippen LogP contribution in [0, 0.1) is 5.82 Å². The molecule has 0 spiro atoms. The van der Waals surface area contributed by atoms with Crippen LogP contribution >= 0.6 is 11.6 Å². The molecule has 1 amide bonds. The zero-order chi connectivity index (χ0) is 15.9. The third-order valence-electron chi connectivity index (χ3n) is 2.90. The highest BCUT2D eigenvalue weighted by molar-refractivity contribution is 6.31. The lowest BCUT2D eigenvalue weighted by molar-refractivity contribution is -0.123. The van der Waals surface area contributed by atoms with Crippen LogP contribution in [0.3, 0.4) is 0 Å². The van der Waals surface area contributed by atoms with Gasteiger partial charge >= 0.3 is 0 Å². The summed E-state index contributed by atoms with van der Waals surface area (Å²) < 4.78 is 23.2. The second kappa shape index (κ2) is 7.66. The van der Waals surface area contributed by atoms with Crippen molar-refractivity contribution in [3.8, 4) is 11.5 Å². The smallest absolute Gasteiger partial charge is 0.258 e. The molecule has 2 aromatic carbocycles. The molecule has 0 saturated carbocycles. The van der Waals surface area contributed by atoms with Gasteiger partial charge in [-0.25, -0.2) is 4.39 Å². The number of hydrogen-bond acceptors (Lipinski definition) is 3. The molecule has 0 aliphatic carbocycles. The summed E-state index contributed by atoms with van der Waals surface area (Å²) in [5, 5.41) is 3.18. The summed E-state index contributed by atoms with van der Waals surface area (Å²) in [5.41, 5.74) is 0.765. The third kappa shape index (κ3) is 4.63. The largest absolute Gasteiger partial charge is 0.497 e. The van der Waals surface area contributed by atoms with Gasteiger partial charge < -0.3 is 14.8 Å². The highest BCUT2D eigenvalue weighted by Gasteiger charge is 2.06. The Hall–Kier alpha value is -2.27. The van der Waals surface area contributed by atoms with Crippen LogP contribution in [0.15, 0.2) is 42.5 Å². The number of methoxy groups -OCH3 is 1. The van der Waals surface area contributed by atoms with E-state index < -0.39 is 5.82 Å². The molecule has 0 unspecified atom stereocenters. The van der Waals surface area contributed by atoms with Crippen molar-refractivity contribution in [1.29, 1.82) is 0 Å². The summed E-state index contributed by atoms with van der Waals surface area (Å²) in [6, 6.07) is 10.8. The Morgan fingerprint density at radius 1 is 1.23 bits per heavy atom. The molecule has 0 heterocycles. The van der Waals surface area contributed by atoms with Gasteiger partial charge in [-0.1, -0.05) is 23.7 Å². The van der Waals surface area contributed by atoms with Crippen molar-refractivity contribution in [2.24, 2.45) is 0 Å². The average molecular weight is 324 g/mol. The Kier molecular flexibility index (Phi) is 5.61. The highest BCUT2D eigenvalue weighted by atomic mass is 35.5. The Morgan fingerprint density at radius 2 is 2.05 bits per heavy atom. The number of hydrogen-bond donors (Lipinski definition) is 1. The van der Waals surface area contributed by atoms with Gasteiger partial charge in [0.25, 0.3) is 5.91 Å². The monoisotopic (exact) mass is 323 g/mol. The summed E-state index contributed by atoms with van der Waals surface area (Å²) in [5.74, 6) is 0.214. The first-order valence-corrected chi connectivity index (χ1v) is 6.94. The van der Waals surface area contributed by atoms with E-state index in [0.717, 1.165) is 5.56 Å². The van der Waals surface area contributed by atoms with Crippen molar-refractivity contribution in [3.05, 3.63) is 58.9 Å². The van der Waals surface area contributed by atoms with Crippen LogP contribution in [0.5, 0.6) is 11.5 Å². The van der Waals surface area contributed by atoms with Gasteiger partial charge in [0.05, 0.1) is 7.11 Å². The summed E-state index contributed by atoms with van der Waals surface area (Å²) in [6.45, 7) is 0.0748. The van der Waals surface area contributed by atoms with Crippen LogP contribution in [0.4, 0.5) is 4.39 Å². The molecule has 0 saturated heterocycles.